The predicted octanol–water partition coefficient (Wildman–Crippen LogP) is 4.89. The van der Waals surface area contributed by atoms with Gasteiger partial charge in [0.15, 0.2) is 0 Å². The minimum atomic E-state index is -0.00161. The van der Waals surface area contributed by atoms with E-state index in [9.17, 15) is 4.79 Å². The van der Waals surface area contributed by atoms with Crippen molar-refractivity contribution in [2.75, 3.05) is 19.0 Å². The van der Waals surface area contributed by atoms with Crippen molar-refractivity contribution in [2.24, 2.45) is 0 Å². The first-order chi connectivity index (χ1) is 12.6. The van der Waals surface area contributed by atoms with Crippen LogP contribution in [0.25, 0.3) is 0 Å². The van der Waals surface area contributed by atoms with E-state index in [4.69, 9.17) is 16.3 Å². The molecule has 1 aromatic heterocycles. The topological polar surface area (TPSA) is 54.5 Å². The molecule has 1 fully saturated rings. The number of amides is 1. The number of ether oxygens (including phenoxy) is 1. The van der Waals surface area contributed by atoms with Gasteiger partial charge in [-0.05, 0) is 56.0 Å². The van der Waals surface area contributed by atoms with Crippen LogP contribution in [0.3, 0.4) is 0 Å². The number of rotatable bonds is 5. The number of halogens is 1. The molecule has 0 aliphatic carbocycles. The minimum absolute atomic E-state index is 0.00161. The number of nitrogens with zero attached hydrogens (tertiary/aromatic N) is 2. The third kappa shape index (κ3) is 4.10. The van der Waals surface area contributed by atoms with E-state index in [2.05, 4.69) is 17.2 Å². The standard InChI is InChI=1S/C20H24ClN3O2/c1-3-16-6-4-5-11-24(16)20(25)18-13-15(9-10-22-18)23-17-12-14(21)7-8-19(17)26-2/h7-10,12-13,16H,3-6,11H2,1-2H3,(H,22,23). The molecule has 1 aromatic carbocycles. The molecular weight excluding hydrogens is 350 g/mol. The molecule has 1 aliphatic heterocycles. The summed E-state index contributed by atoms with van der Waals surface area (Å²) in [4.78, 5) is 19.2. The van der Waals surface area contributed by atoms with Crippen LogP contribution < -0.4 is 10.1 Å². The van der Waals surface area contributed by atoms with Gasteiger partial charge in [-0.15, -0.1) is 0 Å². The van der Waals surface area contributed by atoms with Crippen molar-refractivity contribution in [3.05, 3.63) is 47.2 Å². The summed E-state index contributed by atoms with van der Waals surface area (Å²) in [7, 11) is 1.61. The van der Waals surface area contributed by atoms with E-state index in [1.165, 1.54) is 6.42 Å². The number of methoxy groups -OCH3 is 1. The van der Waals surface area contributed by atoms with Crippen LogP contribution >= 0.6 is 11.6 Å². The maximum absolute atomic E-state index is 12.9. The maximum atomic E-state index is 12.9. The fourth-order valence-electron chi connectivity index (χ4n) is 3.40. The molecule has 1 amide bonds. The van der Waals surface area contributed by atoms with Crippen LogP contribution in [-0.4, -0.2) is 35.5 Å². The summed E-state index contributed by atoms with van der Waals surface area (Å²) in [5.41, 5.74) is 1.97. The Morgan fingerprint density at radius 1 is 1.35 bits per heavy atom. The van der Waals surface area contributed by atoms with Gasteiger partial charge >= 0.3 is 0 Å². The van der Waals surface area contributed by atoms with E-state index in [-0.39, 0.29) is 5.91 Å². The van der Waals surface area contributed by atoms with Crippen molar-refractivity contribution < 1.29 is 9.53 Å². The lowest BCUT2D eigenvalue weighted by atomic mass is 9.99. The van der Waals surface area contributed by atoms with E-state index in [1.807, 2.05) is 11.0 Å². The Labute approximate surface area is 159 Å². The predicted molar refractivity (Wildman–Crippen MR) is 104 cm³/mol. The van der Waals surface area contributed by atoms with Crippen LogP contribution in [0.5, 0.6) is 5.75 Å². The van der Waals surface area contributed by atoms with Crippen LogP contribution in [0, 0.1) is 0 Å². The number of hydrogen-bond donors (Lipinski definition) is 1. The summed E-state index contributed by atoms with van der Waals surface area (Å²) in [5, 5.41) is 3.88. The van der Waals surface area contributed by atoms with E-state index in [1.54, 1.807) is 37.6 Å². The van der Waals surface area contributed by atoms with Crippen molar-refractivity contribution in [2.45, 2.75) is 38.6 Å². The third-order valence-corrected chi connectivity index (χ3v) is 5.01. The lowest BCUT2D eigenvalue weighted by molar-refractivity contribution is 0.0602. The Hall–Kier alpha value is -2.27. The SMILES string of the molecule is CCC1CCCCN1C(=O)c1cc(Nc2cc(Cl)ccc2OC)ccn1. The van der Waals surface area contributed by atoms with E-state index >= 15 is 0 Å². The molecular formula is C20H24ClN3O2. The summed E-state index contributed by atoms with van der Waals surface area (Å²) in [6.45, 7) is 2.94. The molecule has 1 unspecified atom stereocenters. The first-order valence-corrected chi connectivity index (χ1v) is 9.37. The van der Waals surface area contributed by atoms with Gasteiger partial charge in [-0.1, -0.05) is 18.5 Å². The Morgan fingerprint density at radius 3 is 2.96 bits per heavy atom. The van der Waals surface area contributed by atoms with Crippen LogP contribution in [0.15, 0.2) is 36.5 Å². The molecule has 2 heterocycles. The number of pyridine rings is 1. The minimum Gasteiger partial charge on any atom is -0.495 e. The first-order valence-electron chi connectivity index (χ1n) is 9.00. The van der Waals surface area contributed by atoms with Gasteiger partial charge in [0.05, 0.1) is 12.8 Å². The molecule has 0 spiro atoms. The van der Waals surface area contributed by atoms with Crippen molar-refractivity contribution in [1.29, 1.82) is 0 Å². The second-order valence-corrected chi connectivity index (χ2v) is 6.89. The molecule has 0 radical (unpaired) electrons. The molecule has 138 valence electrons. The number of anilines is 2. The van der Waals surface area contributed by atoms with E-state index < -0.39 is 0 Å². The van der Waals surface area contributed by atoms with Crippen molar-refractivity contribution in [1.82, 2.24) is 9.88 Å². The van der Waals surface area contributed by atoms with Crippen LogP contribution in [-0.2, 0) is 0 Å². The highest BCUT2D eigenvalue weighted by Gasteiger charge is 2.27. The number of hydrogen-bond acceptors (Lipinski definition) is 4. The van der Waals surface area contributed by atoms with Gasteiger partial charge < -0.3 is 15.0 Å². The summed E-state index contributed by atoms with van der Waals surface area (Å²) in [6, 6.07) is 9.28. The molecule has 0 saturated carbocycles. The van der Waals surface area contributed by atoms with Crippen LogP contribution in [0.1, 0.15) is 43.1 Å². The van der Waals surface area contributed by atoms with E-state index in [0.717, 1.165) is 37.2 Å². The summed E-state index contributed by atoms with van der Waals surface area (Å²) >= 11 is 6.09. The third-order valence-electron chi connectivity index (χ3n) is 4.78. The van der Waals surface area contributed by atoms with Gasteiger partial charge in [0, 0.05) is 29.5 Å². The van der Waals surface area contributed by atoms with E-state index in [0.29, 0.717) is 22.5 Å². The second kappa shape index (κ2) is 8.41. The fourth-order valence-corrected chi connectivity index (χ4v) is 3.57. The van der Waals surface area contributed by atoms with Gasteiger partial charge in [0.25, 0.3) is 5.91 Å². The van der Waals surface area contributed by atoms with Gasteiger partial charge in [0.1, 0.15) is 11.4 Å². The summed E-state index contributed by atoms with van der Waals surface area (Å²) in [5.74, 6) is 0.680. The van der Waals surface area contributed by atoms with Crippen molar-refractivity contribution >= 4 is 28.9 Å². The number of carbonyl (C=O) groups excluding carboxylic acids is 1. The molecule has 6 heteroatoms. The Bertz CT molecular complexity index is 781. The van der Waals surface area contributed by atoms with Crippen LogP contribution in [0.4, 0.5) is 11.4 Å². The molecule has 3 rings (SSSR count). The Balaban J connectivity index is 1.82. The second-order valence-electron chi connectivity index (χ2n) is 6.46. The quantitative estimate of drug-likeness (QED) is 0.810. The van der Waals surface area contributed by atoms with Gasteiger partial charge in [-0.25, -0.2) is 0 Å². The molecule has 0 bridgehead atoms. The molecule has 1 N–H and O–H groups in total. The monoisotopic (exact) mass is 373 g/mol. The Kier molecular flexibility index (Phi) is 5.99. The van der Waals surface area contributed by atoms with Crippen molar-refractivity contribution in [3.8, 4) is 5.75 Å². The number of benzene rings is 1. The lowest BCUT2D eigenvalue weighted by Crippen LogP contribution is -2.43. The molecule has 1 atom stereocenters. The zero-order chi connectivity index (χ0) is 18.5. The molecule has 26 heavy (non-hydrogen) atoms. The normalized spacial score (nSPS) is 17.0. The number of likely N-dealkylation sites (tertiary alicyclic amines) is 1. The molecule has 1 saturated heterocycles. The maximum Gasteiger partial charge on any atom is 0.272 e. The highest BCUT2D eigenvalue weighted by Crippen LogP contribution is 2.31. The van der Waals surface area contributed by atoms with Gasteiger partial charge in [-0.2, -0.15) is 0 Å². The number of nitrogens with one attached hydrogen (secondary N) is 1. The first kappa shape index (κ1) is 18.5. The summed E-state index contributed by atoms with van der Waals surface area (Å²) in [6.07, 6.45) is 5.94. The Morgan fingerprint density at radius 2 is 2.19 bits per heavy atom. The average Bonchev–Trinajstić information content (AvgIpc) is 2.68. The highest BCUT2D eigenvalue weighted by molar-refractivity contribution is 6.31. The largest absolute Gasteiger partial charge is 0.495 e. The molecule has 2 aromatic rings. The lowest BCUT2D eigenvalue weighted by Gasteiger charge is -2.35. The molecule has 5 nitrogen and oxygen atoms in total. The smallest absolute Gasteiger partial charge is 0.272 e. The summed E-state index contributed by atoms with van der Waals surface area (Å²) < 4.78 is 5.36. The zero-order valence-electron chi connectivity index (χ0n) is 15.2. The average molecular weight is 374 g/mol. The highest BCUT2D eigenvalue weighted by atomic mass is 35.5. The number of carbonyl (C=O) groups is 1. The fraction of sp³-hybridized carbons (Fsp3) is 0.400. The van der Waals surface area contributed by atoms with Gasteiger partial charge in [-0.3, -0.25) is 9.78 Å². The number of piperidine rings is 1. The van der Waals surface area contributed by atoms with Gasteiger partial charge in [0.2, 0.25) is 0 Å². The van der Waals surface area contributed by atoms with Crippen molar-refractivity contribution in [3.63, 3.8) is 0 Å². The van der Waals surface area contributed by atoms with Crippen LogP contribution in [0.2, 0.25) is 5.02 Å². The molecule has 1 aliphatic rings. The zero-order valence-corrected chi connectivity index (χ0v) is 15.9. The number of aromatic nitrogens is 1.